The lowest BCUT2D eigenvalue weighted by molar-refractivity contribution is -0.117. The van der Waals surface area contributed by atoms with Crippen LogP contribution in [0.1, 0.15) is 27.1 Å². The summed E-state index contributed by atoms with van der Waals surface area (Å²) >= 11 is 0.658. The first kappa shape index (κ1) is 18.6. The van der Waals surface area contributed by atoms with Crippen molar-refractivity contribution >= 4 is 28.7 Å². The van der Waals surface area contributed by atoms with Crippen molar-refractivity contribution in [1.29, 1.82) is 0 Å². The second kappa shape index (κ2) is 8.39. The van der Waals surface area contributed by atoms with Gasteiger partial charge in [-0.25, -0.2) is 8.78 Å². The lowest BCUT2D eigenvalue weighted by Crippen LogP contribution is -2.28. The van der Waals surface area contributed by atoms with Crippen LogP contribution >= 0.6 is 11.8 Å². The molecule has 0 aliphatic carbocycles. The Kier molecular flexibility index (Phi) is 6.24. The molecule has 5 nitrogen and oxygen atoms in total. The largest absolute Gasteiger partial charge is 0.370 e. The summed E-state index contributed by atoms with van der Waals surface area (Å²) in [6.45, 7) is 0.0632. The minimum absolute atomic E-state index is 0.0131. The molecule has 0 aromatic heterocycles. The van der Waals surface area contributed by atoms with Crippen LogP contribution in [-0.4, -0.2) is 23.5 Å². The predicted octanol–water partition coefficient (Wildman–Crippen LogP) is 2.50. The quantitative estimate of drug-likeness (QED) is 0.771. The molecule has 0 spiro atoms. The predicted molar refractivity (Wildman–Crippen MR) is 89.1 cm³/mol. The lowest BCUT2D eigenvalue weighted by Gasteiger charge is -2.09. The van der Waals surface area contributed by atoms with Crippen LogP contribution in [0.25, 0.3) is 0 Å². The van der Waals surface area contributed by atoms with E-state index < -0.39 is 28.6 Å². The van der Waals surface area contributed by atoms with E-state index in [1.54, 1.807) is 12.1 Å². The number of hydrogen-bond acceptors (Lipinski definition) is 4. The Labute approximate surface area is 146 Å². The van der Waals surface area contributed by atoms with Crippen LogP contribution in [0.3, 0.4) is 0 Å². The molecule has 0 atom stereocenters. The van der Waals surface area contributed by atoms with Crippen LogP contribution in [-0.2, 0) is 4.79 Å². The van der Waals surface area contributed by atoms with Gasteiger partial charge in [-0.05, 0) is 36.0 Å². The molecule has 0 unspecified atom stereocenters. The topological polar surface area (TPSA) is 89.3 Å². The Hall–Kier alpha value is -2.74. The maximum Gasteiger partial charge on any atom is 0.252 e. The number of carbonyl (C=O) groups is 3. The highest BCUT2D eigenvalue weighted by Gasteiger charge is 2.18. The summed E-state index contributed by atoms with van der Waals surface area (Å²) in [6.07, 6.45) is -0.0131. The molecule has 2 amide bonds. The van der Waals surface area contributed by atoms with Crippen molar-refractivity contribution in [2.24, 2.45) is 5.73 Å². The molecule has 0 saturated carbocycles. The van der Waals surface area contributed by atoms with Gasteiger partial charge in [0.1, 0.15) is 11.6 Å². The summed E-state index contributed by atoms with van der Waals surface area (Å²) < 4.78 is 26.6. The monoisotopic (exact) mass is 364 g/mol. The van der Waals surface area contributed by atoms with E-state index in [1.165, 1.54) is 12.1 Å². The lowest BCUT2D eigenvalue weighted by atomic mass is 10.2. The molecule has 0 saturated heterocycles. The minimum Gasteiger partial charge on any atom is -0.370 e. The van der Waals surface area contributed by atoms with Gasteiger partial charge in [-0.15, -0.1) is 0 Å². The van der Waals surface area contributed by atoms with E-state index in [-0.39, 0.29) is 24.1 Å². The number of benzene rings is 2. The molecular formula is C17H14F2N2O3S. The molecule has 130 valence electrons. The fraction of sp³-hybridized carbons (Fsp3) is 0.118. The van der Waals surface area contributed by atoms with E-state index in [1.807, 2.05) is 0 Å². The van der Waals surface area contributed by atoms with Gasteiger partial charge in [-0.1, -0.05) is 12.1 Å². The second-order valence-corrected chi connectivity index (χ2v) is 6.00. The molecule has 8 heteroatoms. The molecule has 0 fully saturated rings. The van der Waals surface area contributed by atoms with Gasteiger partial charge in [0, 0.05) is 23.9 Å². The Morgan fingerprint density at radius 2 is 1.76 bits per heavy atom. The number of nitrogens with two attached hydrogens (primary N) is 1. The number of primary amides is 1. The van der Waals surface area contributed by atoms with E-state index in [0.29, 0.717) is 22.7 Å². The van der Waals surface area contributed by atoms with E-state index in [0.717, 1.165) is 12.1 Å². The molecule has 25 heavy (non-hydrogen) atoms. The maximum atomic E-state index is 13.7. The van der Waals surface area contributed by atoms with E-state index in [2.05, 4.69) is 5.32 Å². The standard InChI is InChI=1S/C17H14F2N2O3S/c18-10-5-6-11(13(19)9-10)17(24)25-14-4-2-1-3-12(14)16(23)21-8-7-15(20)22/h1-6,9H,7-8H2,(H2,20,22)(H,21,23). The van der Waals surface area contributed by atoms with Crippen LogP contribution in [0.2, 0.25) is 0 Å². The van der Waals surface area contributed by atoms with Crippen molar-refractivity contribution in [1.82, 2.24) is 5.32 Å². The molecule has 2 aromatic rings. The first-order valence-corrected chi connectivity index (χ1v) is 8.03. The average Bonchev–Trinajstić information content (AvgIpc) is 2.54. The molecule has 0 radical (unpaired) electrons. The molecule has 0 aliphatic heterocycles. The van der Waals surface area contributed by atoms with Gasteiger partial charge in [0.25, 0.3) is 5.91 Å². The fourth-order valence-corrected chi connectivity index (χ4v) is 2.84. The Bertz CT molecular complexity index is 827. The van der Waals surface area contributed by atoms with Crippen molar-refractivity contribution in [3.63, 3.8) is 0 Å². The summed E-state index contributed by atoms with van der Waals surface area (Å²) in [5.74, 6) is -2.80. The van der Waals surface area contributed by atoms with Crippen LogP contribution < -0.4 is 11.1 Å². The summed E-state index contributed by atoms with van der Waals surface area (Å²) in [5.41, 5.74) is 4.92. The number of halogens is 2. The normalized spacial score (nSPS) is 10.3. The Morgan fingerprint density at radius 1 is 1.04 bits per heavy atom. The van der Waals surface area contributed by atoms with E-state index in [4.69, 9.17) is 5.73 Å². The first-order valence-electron chi connectivity index (χ1n) is 7.21. The van der Waals surface area contributed by atoms with Gasteiger partial charge in [0.2, 0.25) is 11.0 Å². The number of amides is 2. The molecule has 2 aromatic carbocycles. The van der Waals surface area contributed by atoms with Gasteiger partial charge >= 0.3 is 0 Å². The molecule has 2 rings (SSSR count). The highest BCUT2D eigenvalue weighted by atomic mass is 32.2. The van der Waals surface area contributed by atoms with Crippen LogP contribution in [0.4, 0.5) is 8.78 Å². The highest BCUT2D eigenvalue weighted by Crippen LogP contribution is 2.27. The van der Waals surface area contributed by atoms with Gasteiger partial charge < -0.3 is 11.1 Å². The third-order valence-corrected chi connectivity index (χ3v) is 4.12. The summed E-state index contributed by atoms with van der Waals surface area (Å²) in [5, 5.41) is 1.86. The van der Waals surface area contributed by atoms with Crippen molar-refractivity contribution in [3.05, 3.63) is 65.2 Å². The van der Waals surface area contributed by atoms with Crippen LogP contribution in [0.15, 0.2) is 47.4 Å². The van der Waals surface area contributed by atoms with Crippen molar-refractivity contribution in [3.8, 4) is 0 Å². The maximum absolute atomic E-state index is 13.7. The zero-order valence-electron chi connectivity index (χ0n) is 12.9. The first-order chi connectivity index (χ1) is 11.9. The summed E-state index contributed by atoms with van der Waals surface area (Å²) in [7, 11) is 0. The summed E-state index contributed by atoms with van der Waals surface area (Å²) in [4.78, 5) is 35.4. The zero-order valence-corrected chi connectivity index (χ0v) is 13.7. The minimum atomic E-state index is -0.971. The van der Waals surface area contributed by atoms with Gasteiger partial charge in [0.15, 0.2) is 0 Å². The summed E-state index contributed by atoms with van der Waals surface area (Å²) in [6, 6.07) is 8.92. The van der Waals surface area contributed by atoms with Crippen molar-refractivity contribution in [2.75, 3.05) is 6.54 Å². The average molecular weight is 364 g/mol. The van der Waals surface area contributed by atoms with Crippen molar-refractivity contribution < 1.29 is 23.2 Å². The van der Waals surface area contributed by atoms with E-state index >= 15 is 0 Å². The molecule has 0 aliphatic rings. The molecule has 0 bridgehead atoms. The highest BCUT2D eigenvalue weighted by molar-refractivity contribution is 8.14. The number of nitrogens with one attached hydrogen (secondary N) is 1. The fourth-order valence-electron chi connectivity index (χ4n) is 1.95. The van der Waals surface area contributed by atoms with Crippen LogP contribution in [0.5, 0.6) is 0 Å². The van der Waals surface area contributed by atoms with E-state index in [9.17, 15) is 23.2 Å². The van der Waals surface area contributed by atoms with Gasteiger partial charge in [-0.3, -0.25) is 14.4 Å². The number of thioether (sulfide) groups is 1. The van der Waals surface area contributed by atoms with Crippen molar-refractivity contribution in [2.45, 2.75) is 11.3 Å². The Morgan fingerprint density at radius 3 is 2.44 bits per heavy atom. The van der Waals surface area contributed by atoms with Gasteiger partial charge in [-0.2, -0.15) is 0 Å². The molecular weight excluding hydrogens is 350 g/mol. The second-order valence-electron chi connectivity index (χ2n) is 4.98. The number of rotatable bonds is 6. The zero-order chi connectivity index (χ0) is 18.4. The number of carbonyl (C=O) groups excluding carboxylic acids is 3. The third kappa shape index (κ3) is 5.12. The third-order valence-electron chi connectivity index (χ3n) is 3.14. The van der Waals surface area contributed by atoms with Gasteiger partial charge in [0.05, 0.1) is 11.1 Å². The Balaban J connectivity index is 2.15. The molecule has 3 N–H and O–H groups in total. The number of hydrogen-bond donors (Lipinski definition) is 2. The van der Waals surface area contributed by atoms with Crippen LogP contribution in [0, 0.1) is 11.6 Å². The smallest absolute Gasteiger partial charge is 0.252 e. The molecule has 0 heterocycles. The SMILES string of the molecule is NC(=O)CCNC(=O)c1ccccc1SC(=O)c1ccc(F)cc1F.